The largest absolute Gasteiger partial charge is 0.352 e. The van der Waals surface area contributed by atoms with Crippen LogP contribution < -0.4 is 10.6 Å². The lowest BCUT2D eigenvalue weighted by Crippen LogP contribution is -2.36. The molecule has 0 atom stereocenters. The zero-order chi connectivity index (χ0) is 20.1. The molecule has 146 valence electrons. The van der Waals surface area contributed by atoms with E-state index in [2.05, 4.69) is 25.7 Å². The number of benzene rings is 1. The molecule has 6 nitrogen and oxygen atoms in total. The summed E-state index contributed by atoms with van der Waals surface area (Å²) in [5.41, 5.74) is 3.42. The molecule has 0 aliphatic carbocycles. The lowest BCUT2D eigenvalue weighted by Gasteiger charge is -2.12. The fourth-order valence-electron chi connectivity index (χ4n) is 2.81. The highest BCUT2D eigenvalue weighted by Gasteiger charge is 2.06. The summed E-state index contributed by atoms with van der Waals surface area (Å²) in [6, 6.07) is 9.27. The first-order valence-electron chi connectivity index (χ1n) is 8.82. The van der Waals surface area contributed by atoms with Crippen LogP contribution in [0.5, 0.6) is 0 Å². The Bertz CT molecular complexity index is 959. The SMILES string of the molecule is CN=C(NCc1ccc(-n2nc(C)cc2C)nc1)NCc1cc(F)cc(F)c1. The van der Waals surface area contributed by atoms with Crippen LogP contribution in [0, 0.1) is 25.5 Å². The molecule has 2 aromatic heterocycles. The van der Waals surface area contributed by atoms with Crippen molar-refractivity contribution >= 4 is 5.96 Å². The molecule has 8 heteroatoms. The van der Waals surface area contributed by atoms with Gasteiger partial charge in [0.15, 0.2) is 11.8 Å². The molecule has 28 heavy (non-hydrogen) atoms. The highest BCUT2D eigenvalue weighted by molar-refractivity contribution is 5.79. The Morgan fingerprint density at radius 3 is 2.21 bits per heavy atom. The molecule has 0 aliphatic rings. The van der Waals surface area contributed by atoms with Crippen LogP contribution in [0.3, 0.4) is 0 Å². The van der Waals surface area contributed by atoms with E-state index in [1.807, 2.05) is 32.0 Å². The minimum atomic E-state index is -0.603. The number of hydrogen-bond acceptors (Lipinski definition) is 3. The highest BCUT2D eigenvalue weighted by atomic mass is 19.1. The van der Waals surface area contributed by atoms with Gasteiger partial charge in [0, 0.05) is 38.1 Å². The Morgan fingerprint density at radius 2 is 1.68 bits per heavy atom. The quantitative estimate of drug-likeness (QED) is 0.524. The van der Waals surface area contributed by atoms with Crippen molar-refractivity contribution in [1.29, 1.82) is 0 Å². The van der Waals surface area contributed by atoms with Gasteiger partial charge >= 0.3 is 0 Å². The summed E-state index contributed by atoms with van der Waals surface area (Å²) in [5, 5.41) is 10.6. The summed E-state index contributed by atoms with van der Waals surface area (Å²) in [7, 11) is 1.63. The first kappa shape index (κ1) is 19.5. The van der Waals surface area contributed by atoms with E-state index >= 15 is 0 Å². The van der Waals surface area contributed by atoms with Crippen LogP contribution in [0.1, 0.15) is 22.5 Å². The van der Waals surface area contributed by atoms with Crippen molar-refractivity contribution in [3.05, 3.63) is 76.7 Å². The molecule has 2 heterocycles. The molecule has 0 radical (unpaired) electrons. The van der Waals surface area contributed by atoms with E-state index in [4.69, 9.17) is 0 Å². The molecule has 0 bridgehead atoms. The molecule has 0 amide bonds. The van der Waals surface area contributed by atoms with Crippen molar-refractivity contribution in [1.82, 2.24) is 25.4 Å². The van der Waals surface area contributed by atoms with Crippen molar-refractivity contribution < 1.29 is 8.78 Å². The van der Waals surface area contributed by atoms with Crippen molar-refractivity contribution in [3.8, 4) is 5.82 Å². The molecule has 0 fully saturated rings. The second-order valence-electron chi connectivity index (χ2n) is 6.42. The van der Waals surface area contributed by atoms with E-state index in [0.717, 1.165) is 28.8 Å². The summed E-state index contributed by atoms with van der Waals surface area (Å²) in [6.45, 7) is 4.68. The van der Waals surface area contributed by atoms with Gasteiger partial charge in [-0.3, -0.25) is 4.99 Å². The van der Waals surface area contributed by atoms with Crippen LogP contribution in [0.15, 0.2) is 47.6 Å². The maximum absolute atomic E-state index is 13.3. The third-order valence-corrected chi connectivity index (χ3v) is 4.10. The zero-order valence-corrected chi connectivity index (χ0v) is 16.0. The van der Waals surface area contributed by atoms with E-state index in [9.17, 15) is 8.78 Å². The summed E-state index contributed by atoms with van der Waals surface area (Å²) in [5.74, 6) is 0.0688. The van der Waals surface area contributed by atoms with E-state index in [-0.39, 0.29) is 6.54 Å². The number of guanidine groups is 1. The number of rotatable bonds is 5. The topological polar surface area (TPSA) is 67.1 Å². The average molecular weight is 384 g/mol. The fourth-order valence-corrected chi connectivity index (χ4v) is 2.81. The molecule has 2 N–H and O–H groups in total. The van der Waals surface area contributed by atoms with Crippen LogP contribution >= 0.6 is 0 Å². The van der Waals surface area contributed by atoms with Crippen LogP contribution in [-0.2, 0) is 13.1 Å². The first-order chi connectivity index (χ1) is 13.4. The van der Waals surface area contributed by atoms with Crippen LogP contribution in [0.2, 0.25) is 0 Å². The van der Waals surface area contributed by atoms with E-state index in [0.29, 0.717) is 18.1 Å². The number of aryl methyl sites for hydroxylation is 2. The molecule has 1 aromatic carbocycles. The molecule has 0 spiro atoms. The molecular formula is C20H22F2N6. The number of pyridine rings is 1. The number of aliphatic imine (C=N–C) groups is 1. The smallest absolute Gasteiger partial charge is 0.191 e. The van der Waals surface area contributed by atoms with Crippen LogP contribution in [-0.4, -0.2) is 27.8 Å². The van der Waals surface area contributed by atoms with Crippen molar-refractivity contribution in [3.63, 3.8) is 0 Å². The van der Waals surface area contributed by atoms with Gasteiger partial charge in [0.25, 0.3) is 0 Å². The molecule has 3 rings (SSSR count). The monoisotopic (exact) mass is 384 g/mol. The van der Waals surface area contributed by atoms with Gasteiger partial charge in [-0.1, -0.05) is 6.07 Å². The normalized spacial score (nSPS) is 11.5. The maximum atomic E-state index is 13.3. The van der Waals surface area contributed by atoms with Gasteiger partial charge in [-0.05, 0) is 49.2 Å². The minimum absolute atomic E-state index is 0.253. The van der Waals surface area contributed by atoms with E-state index in [1.165, 1.54) is 12.1 Å². The van der Waals surface area contributed by atoms with Crippen molar-refractivity contribution in [2.75, 3.05) is 7.05 Å². The first-order valence-corrected chi connectivity index (χ1v) is 8.82. The van der Waals surface area contributed by atoms with Crippen LogP contribution in [0.25, 0.3) is 5.82 Å². The molecule has 0 saturated carbocycles. The van der Waals surface area contributed by atoms with Gasteiger partial charge in [0.2, 0.25) is 0 Å². The second kappa shape index (κ2) is 8.60. The second-order valence-corrected chi connectivity index (χ2v) is 6.42. The third kappa shape index (κ3) is 4.91. The Labute approximate surface area is 162 Å². The molecule has 0 unspecified atom stereocenters. The third-order valence-electron chi connectivity index (χ3n) is 4.10. The highest BCUT2D eigenvalue weighted by Crippen LogP contribution is 2.10. The van der Waals surface area contributed by atoms with Gasteiger partial charge in [0.05, 0.1) is 5.69 Å². The van der Waals surface area contributed by atoms with Gasteiger partial charge in [-0.2, -0.15) is 5.10 Å². The van der Waals surface area contributed by atoms with Gasteiger partial charge in [-0.15, -0.1) is 0 Å². The lowest BCUT2D eigenvalue weighted by atomic mass is 10.2. The van der Waals surface area contributed by atoms with Gasteiger partial charge in [0.1, 0.15) is 11.6 Å². The van der Waals surface area contributed by atoms with Crippen molar-refractivity contribution in [2.24, 2.45) is 4.99 Å². The molecule has 3 aromatic rings. The number of halogens is 2. The average Bonchev–Trinajstić information content (AvgIpc) is 3.00. The number of hydrogen-bond donors (Lipinski definition) is 2. The summed E-state index contributed by atoms with van der Waals surface area (Å²) in [4.78, 5) is 8.57. The minimum Gasteiger partial charge on any atom is -0.352 e. The molecule has 0 aliphatic heterocycles. The Morgan fingerprint density at radius 1 is 1.00 bits per heavy atom. The Hall–Kier alpha value is -3.29. The van der Waals surface area contributed by atoms with Crippen molar-refractivity contribution in [2.45, 2.75) is 26.9 Å². The fraction of sp³-hybridized carbons (Fsp3) is 0.250. The van der Waals surface area contributed by atoms with E-state index in [1.54, 1.807) is 17.9 Å². The summed E-state index contributed by atoms with van der Waals surface area (Å²) in [6.07, 6.45) is 1.77. The predicted molar refractivity (Wildman–Crippen MR) is 104 cm³/mol. The standard InChI is InChI=1S/C20H22F2N6/c1-13-6-14(2)28(27-13)19-5-4-15(10-24-19)11-25-20(23-3)26-12-16-7-17(21)9-18(22)8-16/h4-10H,11-12H2,1-3H3,(H2,23,25,26). The lowest BCUT2D eigenvalue weighted by molar-refractivity contribution is 0.578. The van der Waals surface area contributed by atoms with Crippen LogP contribution in [0.4, 0.5) is 8.78 Å². The zero-order valence-electron chi connectivity index (χ0n) is 16.0. The maximum Gasteiger partial charge on any atom is 0.191 e. The Balaban J connectivity index is 1.57. The van der Waals surface area contributed by atoms with Gasteiger partial charge in [-0.25, -0.2) is 18.4 Å². The number of nitrogens with one attached hydrogen (secondary N) is 2. The summed E-state index contributed by atoms with van der Waals surface area (Å²) >= 11 is 0. The molecule has 0 saturated heterocycles. The Kier molecular flexibility index (Phi) is 5.98. The van der Waals surface area contributed by atoms with Gasteiger partial charge < -0.3 is 10.6 Å². The summed E-state index contributed by atoms with van der Waals surface area (Å²) < 4.78 is 28.3. The number of aromatic nitrogens is 3. The predicted octanol–water partition coefficient (Wildman–Crippen LogP) is 3.03. The molecular weight excluding hydrogens is 362 g/mol. The number of nitrogens with zero attached hydrogens (tertiary/aromatic N) is 4. The van der Waals surface area contributed by atoms with E-state index < -0.39 is 11.6 Å².